The maximum Gasteiger partial charge on any atom is 0.226 e. The molecule has 1 aliphatic rings. The predicted molar refractivity (Wildman–Crippen MR) is 93.5 cm³/mol. The van der Waals surface area contributed by atoms with Gasteiger partial charge in [-0.2, -0.15) is 15.1 Å². The van der Waals surface area contributed by atoms with Crippen LogP contribution in [0.1, 0.15) is 12.8 Å². The molecule has 0 spiro atoms. The first-order valence-electron chi connectivity index (χ1n) is 8.07. The van der Waals surface area contributed by atoms with E-state index in [1.807, 2.05) is 12.1 Å². The number of hydrogen-bond donors (Lipinski definition) is 3. The Hall–Kier alpha value is -2.74. The molecule has 1 fully saturated rings. The van der Waals surface area contributed by atoms with E-state index in [9.17, 15) is 0 Å². The monoisotopic (exact) mass is 324 g/mol. The van der Waals surface area contributed by atoms with Crippen LogP contribution in [0.3, 0.4) is 0 Å². The highest BCUT2D eigenvalue weighted by atomic mass is 15.2. The molecule has 1 aliphatic heterocycles. The molecule has 0 saturated carbocycles. The van der Waals surface area contributed by atoms with Crippen molar-refractivity contribution >= 4 is 22.8 Å². The summed E-state index contributed by atoms with van der Waals surface area (Å²) in [5, 5.41) is 11.0. The zero-order valence-corrected chi connectivity index (χ0v) is 13.5. The molecule has 8 nitrogen and oxygen atoms in total. The molecule has 0 bridgehead atoms. The number of likely N-dealkylation sites (tertiary alicyclic amines) is 1. The van der Waals surface area contributed by atoms with Crippen molar-refractivity contribution in [1.82, 2.24) is 30.0 Å². The maximum atomic E-state index is 6.14. The fraction of sp³-hybridized carbons (Fsp3) is 0.375. The van der Waals surface area contributed by atoms with Gasteiger partial charge < -0.3 is 16.0 Å². The van der Waals surface area contributed by atoms with Crippen molar-refractivity contribution in [2.75, 3.05) is 31.2 Å². The number of H-pyrrole nitrogens is 1. The Morgan fingerprint density at radius 2 is 2.12 bits per heavy atom. The van der Waals surface area contributed by atoms with E-state index in [-0.39, 0.29) is 0 Å². The van der Waals surface area contributed by atoms with Crippen LogP contribution in [0.2, 0.25) is 0 Å². The van der Waals surface area contributed by atoms with Gasteiger partial charge in [0, 0.05) is 24.0 Å². The fourth-order valence-electron chi connectivity index (χ4n) is 3.00. The Bertz CT molecular complexity index is 837. The van der Waals surface area contributed by atoms with E-state index in [1.54, 1.807) is 12.4 Å². The SMILES string of the molecule is CN1CCC(Nc2nc(N)c3cc(-c4ccn[nH]4)cnc3n2)CC1. The lowest BCUT2D eigenvalue weighted by molar-refractivity contribution is 0.263. The molecular formula is C16H20N8. The van der Waals surface area contributed by atoms with Crippen molar-refractivity contribution in [2.45, 2.75) is 18.9 Å². The number of hydrogen-bond acceptors (Lipinski definition) is 7. The van der Waals surface area contributed by atoms with Crippen molar-refractivity contribution in [1.29, 1.82) is 0 Å². The maximum absolute atomic E-state index is 6.14. The van der Waals surface area contributed by atoms with E-state index in [4.69, 9.17) is 5.73 Å². The number of aromatic amines is 1. The third kappa shape index (κ3) is 2.88. The molecule has 0 atom stereocenters. The molecule has 3 aromatic heterocycles. The Morgan fingerprint density at radius 1 is 1.29 bits per heavy atom. The highest BCUT2D eigenvalue weighted by Crippen LogP contribution is 2.24. The van der Waals surface area contributed by atoms with E-state index in [0.717, 1.165) is 42.6 Å². The average molecular weight is 324 g/mol. The lowest BCUT2D eigenvalue weighted by Gasteiger charge is -2.29. The molecular weight excluding hydrogens is 304 g/mol. The van der Waals surface area contributed by atoms with Crippen LogP contribution in [0.15, 0.2) is 24.5 Å². The van der Waals surface area contributed by atoms with Crippen LogP contribution in [-0.2, 0) is 0 Å². The Kier molecular flexibility index (Phi) is 3.73. The largest absolute Gasteiger partial charge is 0.383 e. The van der Waals surface area contributed by atoms with Crippen LogP contribution in [0.4, 0.5) is 11.8 Å². The summed E-state index contributed by atoms with van der Waals surface area (Å²) >= 11 is 0. The summed E-state index contributed by atoms with van der Waals surface area (Å²) in [5.41, 5.74) is 8.53. The number of piperidine rings is 1. The molecule has 0 amide bonds. The number of nitrogens with zero attached hydrogens (tertiary/aromatic N) is 5. The van der Waals surface area contributed by atoms with Crippen molar-refractivity contribution < 1.29 is 0 Å². The highest BCUT2D eigenvalue weighted by Gasteiger charge is 2.18. The van der Waals surface area contributed by atoms with Crippen molar-refractivity contribution in [3.63, 3.8) is 0 Å². The van der Waals surface area contributed by atoms with Crippen molar-refractivity contribution in [3.05, 3.63) is 24.5 Å². The summed E-state index contributed by atoms with van der Waals surface area (Å²) in [5.74, 6) is 0.987. The molecule has 0 aliphatic carbocycles. The smallest absolute Gasteiger partial charge is 0.226 e. The topological polar surface area (TPSA) is 109 Å². The molecule has 1 saturated heterocycles. The van der Waals surface area contributed by atoms with Gasteiger partial charge >= 0.3 is 0 Å². The highest BCUT2D eigenvalue weighted by molar-refractivity contribution is 5.89. The molecule has 8 heteroatoms. The fourth-order valence-corrected chi connectivity index (χ4v) is 3.00. The van der Waals surface area contributed by atoms with Gasteiger partial charge in [0.05, 0.1) is 11.1 Å². The van der Waals surface area contributed by atoms with Crippen LogP contribution in [0, 0.1) is 0 Å². The minimum atomic E-state index is 0.377. The van der Waals surface area contributed by atoms with Crippen molar-refractivity contribution in [3.8, 4) is 11.3 Å². The first-order valence-corrected chi connectivity index (χ1v) is 8.07. The van der Waals surface area contributed by atoms with Gasteiger partial charge in [0.15, 0.2) is 5.65 Å². The number of rotatable bonds is 3. The average Bonchev–Trinajstić information content (AvgIpc) is 3.11. The molecule has 24 heavy (non-hydrogen) atoms. The van der Waals surface area contributed by atoms with Crippen molar-refractivity contribution in [2.24, 2.45) is 0 Å². The number of fused-ring (bicyclic) bond motifs is 1. The van der Waals surface area contributed by atoms with Gasteiger partial charge in [-0.05, 0) is 45.1 Å². The first-order chi connectivity index (χ1) is 11.7. The second kappa shape index (κ2) is 6.04. The molecule has 4 N–H and O–H groups in total. The summed E-state index contributed by atoms with van der Waals surface area (Å²) in [6, 6.07) is 4.20. The number of anilines is 2. The summed E-state index contributed by atoms with van der Waals surface area (Å²) in [6.45, 7) is 2.15. The van der Waals surface area contributed by atoms with Crippen LogP contribution in [-0.4, -0.2) is 56.2 Å². The van der Waals surface area contributed by atoms with Crippen LogP contribution >= 0.6 is 0 Å². The number of aromatic nitrogens is 5. The number of nitrogens with one attached hydrogen (secondary N) is 2. The van der Waals surface area contributed by atoms with E-state index in [0.29, 0.717) is 23.5 Å². The molecule has 0 aromatic carbocycles. The molecule has 124 valence electrons. The predicted octanol–water partition coefficient (Wildman–Crippen LogP) is 1.50. The molecule has 0 radical (unpaired) electrons. The summed E-state index contributed by atoms with van der Waals surface area (Å²) in [7, 11) is 2.14. The molecule has 4 heterocycles. The minimum absolute atomic E-state index is 0.377. The van der Waals surface area contributed by atoms with Gasteiger partial charge in [-0.3, -0.25) is 5.10 Å². The number of nitrogen functional groups attached to an aromatic ring is 1. The van der Waals surface area contributed by atoms with Gasteiger partial charge in [-0.25, -0.2) is 4.98 Å². The number of pyridine rings is 1. The quantitative estimate of drug-likeness (QED) is 0.670. The van der Waals surface area contributed by atoms with Gasteiger partial charge in [0.2, 0.25) is 5.95 Å². The van der Waals surface area contributed by atoms with Gasteiger partial charge in [-0.1, -0.05) is 0 Å². The second-order valence-electron chi connectivity index (χ2n) is 6.22. The zero-order valence-electron chi connectivity index (χ0n) is 13.5. The first kappa shape index (κ1) is 14.8. The lowest BCUT2D eigenvalue weighted by atomic mass is 10.1. The van der Waals surface area contributed by atoms with Gasteiger partial charge in [0.25, 0.3) is 0 Å². The summed E-state index contributed by atoms with van der Waals surface area (Å²) in [4.78, 5) is 15.7. The zero-order chi connectivity index (χ0) is 16.5. The molecule has 4 rings (SSSR count). The second-order valence-corrected chi connectivity index (χ2v) is 6.22. The molecule has 3 aromatic rings. The van der Waals surface area contributed by atoms with Crippen LogP contribution in [0.25, 0.3) is 22.3 Å². The van der Waals surface area contributed by atoms with E-state index < -0.39 is 0 Å². The van der Waals surface area contributed by atoms with Crippen LogP contribution in [0.5, 0.6) is 0 Å². The number of nitrogens with two attached hydrogens (primary N) is 1. The van der Waals surface area contributed by atoms with E-state index in [2.05, 4.69) is 42.4 Å². The standard InChI is InChI=1S/C16H20N8/c1-24-6-3-11(4-7-24)20-16-21-14(17)12-8-10(9-18-15(12)22-16)13-2-5-19-23-13/h2,5,8-9,11H,3-4,6-7H2,1H3,(H,19,23)(H3,17,18,20,21,22). The lowest BCUT2D eigenvalue weighted by Crippen LogP contribution is -2.37. The normalized spacial score (nSPS) is 16.5. The van der Waals surface area contributed by atoms with E-state index >= 15 is 0 Å². The Labute approximate surface area is 139 Å². The Morgan fingerprint density at radius 3 is 2.88 bits per heavy atom. The van der Waals surface area contributed by atoms with Gasteiger partial charge in [0.1, 0.15) is 5.82 Å². The van der Waals surface area contributed by atoms with E-state index in [1.165, 1.54) is 0 Å². The summed E-state index contributed by atoms with van der Waals surface area (Å²) < 4.78 is 0. The molecule has 0 unspecified atom stereocenters. The third-order valence-electron chi connectivity index (χ3n) is 4.44. The summed E-state index contributed by atoms with van der Waals surface area (Å²) in [6.07, 6.45) is 5.61. The minimum Gasteiger partial charge on any atom is -0.383 e. The van der Waals surface area contributed by atoms with Gasteiger partial charge in [-0.15, -0.1) is 0 Å². The Balaban J connectivity index is 1.61. The third-order valence-corrected chi connectivity index (χ3v) is 4.44. The van der Waals surface area contributed by atoms with Crippen LogP contribution < -0.4 is 11.1 Å².